The summed E-state index contributed by atoms with van der Waals surface area (Å²) in [5.74, 6) is 0.107. The number of halogens is 2. The molecule has 0 saturated heterocycles. The van der Waals surface area contributed by atoms with Gasteiger partial charge in [0.25, 0.3) is 0 Å². The Balaban J connectivity index is -0.0000000766. The van der Waals surface area contributed by atoms with Gasteiger partial charge in [-0.1, -0.05) is 41.5 Å². The zero-order valence-corrected chi connectivity index (χ0v) is 28.5. The number of carbonyl (C=O) groups excluding carboxylic acids is 2. The first-order chi connectivity index (χ1) is 16.9. The fraction of sp³-hybridized carbons (Fsp3) is 0.909. The number of rotatable bonds is 11. The third-order valence-corrected chi connectivity index (χ3v) is 5.01. The van der Waals surface area contributed by atoms with Crippen molar-refractivity contribution in [2.75, 3.05) is 25.0 Å². The molecule has 0 spiro atoms. The third-order valence-electron chi connectivity index (χ3n) is 1.97. The number of nitrogens with one attached hydrogen (secondary N) is 2. The summed E-state index contributed by atoms with van der Waals surface area (Å²) >= 11 is 17.5. The molecule has 14 heteroatoms. The third kappa shape index (κ3) is 59.5. The van der Waals surface area contributed by atoms with Crippen molar-refractivity contribution in [3.8, 4) is 0 Å². The van der Waals surface area contributed by atoms with E-state index in [0.717, 1.165) is 0 Å². The van der Waals surface area contributed by atoms with Crippen LogP contribution in [0.3, 0.4) is 0 Å². The van der Waals surface area contributed by atoms with E-state index in [2.05, 4.69) is 36.2 Å². The standard InChI is InChI=1S/C9H18ClN2O4PS.C4H10O.C3H8ClN.3C2H6.H2OS/c1-3-15-17(16-4-2)9(18)12-8(14)7(5-10)11-6-13;1-4(2,3)5;1-3(5)2-4;4*1-2/h6-7,9,18H,3-5H2,1-2H3,(H,11,13)(H,12,14);5H,1-3H3;3H,2,5H2,1H3;3*1-2H3;1-2H/t7-,9?;;;;;;/m0....../s1. The first-order valence-corrected chi connectivity index (χ1v) is 15.1. The van der Waals surface area contributed by atoms with Gasteiger partial charge in [0.05, 0.1) is 24.7 Å². The Morgan fingerprint density at radius 3 is 1.53 bits per heavy atom. The van der Waals surface area contributed by atoms with E-state index < -0.39 is 31.0 Å². The number of nitrogens with two attached hydrogens (primary N) is 1. The Kier molecular flexibility index (Phi) is 66.6. The maximum absolute atomic E-state index is 11.7. The van der Waals surface area contributed by atoms with E-state index in [1.165, 1.54) is 0 Å². The second kappa shape index (κ2) is 45.4. The molecular weight excluding hydrogens is 568 g/mol. The number of amides is 2. The number of alkyl halides is 2. The van der Waals surface area contributed by atoms with Crippen molar-refractivity contribution in [3.63, 3.8) is 0 Å². The topological polar surface area (TPSA) is 143 Å². The quantitative estimate of drug-likeness (QED) is 0.0381. The summed E-state index contributed by atoms with van der Waals surface area (Å²) in [6.07, 6.45) is 0.425. The SMILES string of the molecule is CC.CC.CC.CC(C)(C)O.CC(N)CCl.CCOP(OCC)C(S)NC(=O)[C@H](CCl)NC=O.OS. The van der Waals surface area contributed by atoms with Crippen LogP contribution in [0.15, 0.2) is 0 Å². The Morgan fingerprint density at radius 2 is 1.33 bits per heavy atom. The van der Waals surface area contributed by atoms with Gasteiger partial charge < -0.3 is 35.1 Å². The van der Waals surface area contributed by atoms with Crippen molar-refractivity contribution >= 4 is 69.4 Å². The highest BCUT2D eigenvalue weighted by atomic mass is 35.5. The average Bonchev–Trinajstić information content (AvgIpc) is 2.86. The molecule has 0 fully saturated rings. The van der Waals surface area contributed by atoms with Crippen LogP contribution in [0.25, 0.3) is 0 Å². The Bertz CT molecular complexity index is 393. The first kappa shape index (κ1) is 52.8. The summed E-state index contributed by atoms with van der Waals surface area (Å²) in [6.45, 7) is 23.7. The lowest BCUT2D eigenvalue weighted by Gasteiger charge is -2.24. The number of aliphatic hydroxyl groups is 1. The first-order valence-electron chi connectivity index (χ1n) is 11.9. The van der Waals surface area contributed by atoms with E-state index in [4.69, 9.17) is 47.6 Å². The Morgan fingerprint density at radius 1 is 1.03 bits per heavy atom. The van der Waals surface area contributed by atoms with Crippen molar-refractivity contribution in [1.29, 1.82) is 0 Å². The van der Waals surface area contributed by atoms with E-state index in [-0.39, 0.29) is 11.9 Å². The second-order valence-corrected chi connectivity index (χ2v) is 9.44. The van der Waals surface area contributed by atoms with Crippen LogP contribution < -0.4 is 16.4 Å². The molecule has 226 valence electrons. The van der Waals surface area contributed by atoms with E-state index in [9.17, 15) is 9.59 Å². The van der Waals surface area contributed by atoms with Crippen LogP contribution in [-0.4, -0.2) is 69.8 Å². The van der Waals surface area contributed by atoms with Gasteiger partial charge >= 0.3 is 0 Å². The molecular formula is C22H56Cl2N3O6PS2. The molecule has 0 bridgehead atoms. The van der Waals surface area contributed by atoms with Crippen LogP contribution >= 0.6 is 57.1 Å². The lowest BCUT2D eigenvalue weighted by atomic mass is 10.2. The molecule has 36 heavy (non-hydrogen) atoms. The maximum Gasteiger partial charge on any atom is 0.245 e. The molecule has 0 aromatic heterocycles. The average molecular weight is 625 g/mol. The molecule has 0 heterocycles. The summed E-state index contributed by atoms with van der Waals surface area (Å²) in [4.78, 5) is 22.0. The Labute approximate surface area is 244 Å². The summed E-state index contributed by atoms with van der Waals surface area (Å²) in [5.41, 5.74) is 4.66. The highest BCUT2D eigenvalue weighted by Crippen LogP contribution is 2.44. The normalized spacial score (nSPS) is 11.4. The smallest absolute Gasteiger partial charge is 0.245 e. The highest BCUT2D eigenvalue weighted by Gasteiger charge is 2.25. The predicted octanol–water partition coefficient (Wildman–Crippen LogP) is 5.87. The van der Waals surface area contributed by atoms with Crippen LogP contribution in [0.5, 0.6) is 0 Å². The van der Waals surface area contributed by atoms with Crippen LogP contribution in [0.4, 0.5) is 0 Å². The minimum absolute atomic E-state index is 0.0216. The van der Waals surface area contributed by atoms with E-state index in [1.54, 1.807) is 20.8 Å². The molecule has 0 aliphatic heterocycles. The summed E-state index contributed by atoms with van der Waals surface area (Å²) < 4.78 is 17.4. The number of carbonyl (C=O) groups is 2. The molecule has 0 radical (unpaired) electrons. The molecule has 0 rings (SSSR count). The van der Waals surface area contributed by atoms with Crippen LogP contribution in [-0.2, 0) is 18.6 Å². The van der Waals surface area contributed by atoms with Gasteiger partial charge in [0, 0.05) is 11.9 Å². The van der Waals surface area contributed by atoms with Gasteiger partial charge in [-0.15, -0.1) is 35.8 Å². The minimum Gasteiger partial charge on any atom is -0.391 e. The van der Waals surface area contributed by atoms with Gasteiger partial charge in [0.2, 0.25) is 20.7 Å². The molecule has 9 nitrogen and oxygen atoms in total. The van der Waals surface area contributed by atoms with Gasteiger partial charge in [0.1, 0.15) is 11.2 Å². The lowest BCUT2D eigenvalue weighted by Crippen LogP contribution is -2.47. The summed E-state index contributed by atoms with van der Waals surface area (Å²) in [7, 11) is -1.32. The monoisotopic (exact) mass is 623 g/mol. The fourth-order valence-corrected chi connectivity index (χ4v) is 2.84. The van der Waals surface area contributed by atoms with Crippen molar-refractivity contribution in [2.24, 2.45) is 5.73 Å². The van der Waals surface area contributed by atoms with Crippen molar-refractivity contribution in [2.45, 2.75) is 106 Å². The number of hydrogen-bond donors (Lipinski definition) is 7. The van der Waals surface area contributed by atoms with Crippen molar-refractivity contribution < 1.29 is 28.3 Å². The number of hydrogen-bond acceptors (Lipinski definition) is 9. The molecule has 0 aromatic rings. The zero-order chi connectivity index (χ0) is 30.8. The molecule has 3 atom stereocenters. The van der Waals surface area contributed by atoms with E-state index in [0.29, 0.717) is 25.5 Å². The van der Waals surface area contributed by atoms with Gasteiger partial charge in [-0.05, 0) is 54.5 Å². The molecule has 0 saturated carbocycles. The van der Waals surface area contributed by atoms with Crippen molar-refractivity contribution in [3.05, 3.63) is 0 Å². The minimum atomic E-state index is -1.32. The zero-order valence-electron chi connectivity index (χ0n) is 24.3. The van der Waals surface area contributed by atoms with Gasteiger partial charge in [0.15, 0.2) is 0 Å². The molecule has 0 aromatic carbocycles. The molecule has 0 aliphatic carbocycles. The van der Waals surface area contributed by atoms with Crippen LogP contribution in [0.2, 0.25) is 0 Å². The van der Waals surface area contributed by atoms with Gasteiger partial charge in [-0.2, -0.15) is 0 Å². The van der Waals surface area contributed by atoms with Crippen LogP contribution in [0, 0.1) is 0 Å². The summed E-state index contributed by atoms with van der Waals surface area (Å²) in [5, 5.41) is 12.8. The Hall–Kier alpha value is 0.450. The molecule has 0 aliphatic rings. The second-order valence-electron chi connectivity index (χ2n) is 6.30. The van der Waals surface area contributed by atoms with Crippen LogP contribution in [0.1, 0.15) is 83.1 Å². The molecule has 2 amide bonds. The predicted molar refractivity (Wildman–Crippen MR) is 167 cm³/mol. The van der Waals surface area contributed by atoms with Gasteiger partial charge in [-0.3, -0.25) is 9.59 Å². The maximum atomic E-state index is 11.7. The highest BCUT2D eigenvalue weighted by molar-refractivity contribution is 7.88. The molecule has 2 unspecified atom stereocenters. The van der Waals surface area contributed by atoms with Gasteiger partial charge in [-0.25, -0.2) is 0 Å². The molecule has 6 N–H and O–H groups in total. The number of thiol groups is 2. The van der Waals surface area contributed by atoms with E-state index >= 15 is 0 Å². The largest absolute Gasteiger partial charge is 0.391 e. The summed E-state index contributed by atoms with van der Waals surface area (Å²) in [6, 6.07) is -0.643. The van der Waals surface area contributed by atoms with Crippen molar-refractivity contribution in [1.82, 2.24) is 10.6 Å². The lowest BCUT2D eigenvalue weighted by molar-refractivity contribution is -0.124. The van der Waals surface area contributed by atoms with E-state index in [1.807, 2.05) is 62.3 Å². The fourth-order valence-electron chi connectivity index (χ4n) is 0.986.